The van der Waals surface area contributed by atoms with E-state index in [2.05, 4.69) is 115 Å². The Balaban J connectivity index is 1.90. The third-order valence-electron chi connectivity index (χ3n) is 5.38. The average Bonchev–Trinajstić information content (AvgIpc) is 2.79. The van der Waals surface area contributed by atoms with Gasteiger partial charge < -0.3 is 5.73 Å². The largest absolute Gasteiger partial charge is 0.326 e. The van der Waals surface area contributed by atoms with E-state index >= 15 is 0 Å². The van der Waals surface area contributed by atoms with Gasteiger partial charge in [0.15, 0.2) is 0 Å². The van der Waals surface area contributed by atoms with Crippen LogP contribution in [0.4, 0.5) is 0 Å². The normalized spacial score (nSPS) is 12.1. The monoisotopic (exact) mass is 363 g/mol. The molecular weight excluding hydrogens is 338 g/mol. The second-order valence-electron chi connectivity index (χ2n) is 7.13. The van der Waals surface area contributed by atoms with Gasteiger partial charge in [-0.3, -0.25) is 0 Å². The van der Waals surface area contributed by atoms with Crippen LogP contribution in [0.1, 0.15) is 39.7 Å². The summed E-state index contributed by atoms with van der Waals surface area (Å²) in [7, 11) is 0. The maximum atomic E-state index is 5.83. The molecule has 0 aliphatic heterocycles. The molecule has 0 heterocycles. The van der Waals surface area contributed by atoms with Gasteiger partial charge in [-0.15, -0.1) is 0 Å². The highest BCUT2D eigenvalue weighted by Crippen LogP contribution is 2.42. The van der Waals surface area contributed by atoms with Crippen molar-refractivity contribution in [3.63, 3.8) is 0 Å². The second-order valence-corrected chi connectivity index (χ2v) is 7.13. The first kappa shape index (κ1) is 18.2. The van der Waals surface area contributed by atoms with E-state index in [9.17, 15) is 0 Å². The molecule has 1 atom stereocenters. The SMILES string of the molecule is NCc1ccc(C(c2ccccc2)C(c2ccccc2)c2ccccc2)cc1. The molecule has 0 bridgehead atoms. The van der Waals surface area contributed by atoms with E-state index in [4.69, 9.17) is 5.73 Å². The van der Waals surface area contributed by atoms with Crippen LogP contribution in [0, 0.1) is 0 Å². The molecule has 0 aliphatic carbocycles. The van der Waals surface area contributed by atoms with Gasteiger partial charge in [-0.1, -0.05) is 115 Å². The van der Waals surface area contributed by atoms with Gasteiger partial charge in [0.2, 0.25) is 0 Å². The van der Waals surface area contributed by atoms with Gasteiger partial charge in [-0.2, -0.15) is 0 Å². The van der Waals surface area contributed by atoms with E-state index < -0.39 is 0 Å². The molecule has 0 radical (unpaired) electrons. The van der Waals surface area contributed by atoms with Crippen molar-refractivity contribution in [2.45, 2.75) is 18.4 Å². The molecule has 0 saturated heterocycles. The summed E-state index contributed by atoms with van der Waals surface area (Å²) < 4.78 is 0. The van der Waals surface area contributed by atoms with Crippen molar-refractivity contribution in [1.29, 1.82) is 0 Å². The van der Waals surface area contributed by atoms with Crippen molar-refractivity contribution < 1.29 is 0 Å². The molecule has 4 rings (SSSR count). The summed E-state index contributed by atoms with van der Waals surface area (Å²) in [5, 5.41) is 0. The lowest BCUT2D eigenvalue weighted by atomic mass is 9.73. The number of rotatable bonds is 6. The third kappa shape index (κ3) is 3.90. The van der Waals surface area contributed by atoms with Crippen LogP contribution < -0.4 is 5.73 Å². The topological polar surface area (TPSA) is 26.0 Å². The molecule has 0 amide bonds. The Labute approximate surface area is 167 Å². The fourth-order valence-corrected chi connectivity index (χ4v) is 4.00. The molecule has 0 fully saturated rings. The Morgan fingerprint density at radius 1 is 0.429 bits per heavy atom. The minimum atomic E-state index is 0.220. The maximum Gasteiger partial charge on any atom is 0.0199 e. The first-order valence-electron chi connectivity index (χ1n) is 9.80. The number of benzene rings is 4. The second kappa shape index (κ2) is 8.69. The lowest BCUT2D eigenvalue weighted by Crippen LogP contribution is -2.15. The van der Waals surface area contributed by atoms with Gasteiger partial charge >= 0.3 is 0 Å². The molecule has 4 aromatic rings. The summed E-state index contributed by atoms with van der Waals surface area (Å²) >= 11 is 0. The molecule has 28 heavy (non-hydrogen) atoms. The molecule has 4 aromatic carbocycles. The Bertz CT molecular complexity index is 937. The fourth-order valence-electron chi connectivity index (χ4n) is 4.00. The lowest BCUT2D eigenvalue weighted by Gasteiger charge is -2.29. The molecule has 0 aromatic heterocycles. The van der Waals surface area contributed by atoms with Crippen molar-refractivity contribution in [2.24, 2.45) is 5.73 Å². The van der Waals surface area contributed by atoms with Gasteiger partial charge in [-0.05, 0) is 27.8 Å². The van der Waals surface area contributed by atoms with E-state index in [1.807, 2.05) is 0 Å². The zero-order chi connectivity index (χ0) is 19.2. The van der Waals surface area contributed by atoms with E-state index in [0.29, 0.717) is 6.54 Å². The van der Waals surface area contributed by atoms with E-state index in [1.54, 1.807) is 0 Å². The van der Waals surface area contributed by atoms with Crippen LogP contribution in [-0.2, 0) is 6.54 Å². The van der Waals surface area contributed by atoms with Crippen molar-refractivity contribution in [2.75, 3.05) is 0 Å². The highest BCUT2D eigenvalue weighted by atomic mass is 14.5. The maximum absolute atomic E-state index is 5.83. The number of nitrogens with two attached hydrogens (primary N) is 1. The smallest absolute Gasteiger partial charge is 0.0199 e. The molecule has 138 valence electrons. The highest BCUT2D eigenvalue weighted by Gasteiger charge is 2.27. The van der Waals surface area contributed by atoms with Crippen LogP contribution >= 0.6 is 0 Å². The first-order chi connectivity index (χ1) is 13.9. The quantitative estimate of drug-likeness (QED) is 0.439. The predicted octanol–water partition coefficient (Wildman–Crippen LogP) is 6.11. The first-order valence-corrected chi connectivity index (χ1v) is 9.80. The Morgan fingerprint density at radius 3 is 1.07 bits per heavy atom. The molecule has 1 heteroatoms. The van der Waals surface area contributed by atoms with Crippen molar-refractivity contribution in [1.82, 2.24) is 0 Å². The molecule has 0 spiro atoms. The van der Waals surface area contributed by atoms with Crippen molar-refractivity contribution in [3.8, 4) is 0 Å². The summed E-state index contributed by atoms with van der Waals surface area (Å²) in [6.07, 6.45) is 0. The summed E-state index contributed by atoms with van der Waals surface area (Å²) in [4.78, 5) is 0. The standard InChI is InChI=1S/C27H25N/c28-20-21-16-18-25(19-17-21)27(24-14-8-3-9-15-24)26(22-10-4-1-5-11-22)23-12-6-2-7-13-23/h1-19,26-27H,20,28H2. The average molecular weight is 364 g/mol. The molecule has 2 N–H and O–H groups in total. The van der Waals surface area contributed by atoms with Crippen LogP contribution in [0.15, 0.2) is 115 Å². The van der Waals surface area contributed by atoms with Gasteiger partial charge in [0, 0.05) is 18.4 Å². The zero-order valence-electron chi connectivity index (χ0n) is 15.9. The Morgan fingerprint density at radius 2 is 0.750 bits per heavy atom. The molecule has 1 unspecified atom stereocenters. The van der Waals surface area contributed by atoms with Gasteiger partial charge in [0.25, 0.3) is 0 Å². The van der Waals surface area contributed by atoms with E-state index in [0.717, 1.165) is 5.56 Å². The Hall–Kier alpha value is -3.16. The summed E-state index contributed by atoms with van der Waals surface area (Å²) in [5.41, 5.74) is 12.3. The van der Waals surface area contributed by atoms with Crippen LogP contribution in [0.25, 0.3) is 0 Å². The molecule has 0 aliphatic rings. The minimum Gasteiger partial charge on any atom is -0.326 e. The van der Waals surface area contributed by atoms with Gasteiger partial charge in [0.1, 0.15) is 0 Å². The Kier molecular flexibility index (Phi) is 5.65. The zero-order valence-corrected chi connectivity index (χ0v) is 15.9. The number of hydrogen-bond donors (Lipinski definition) is 1. The van der Waals surface area contributed by atoms with E-state index in [1.165, 1.54) is 22.3 Å². The lowest BCUT2D eigenvalue weighted by molar-refractivity contribution is 0.693. The minimum absolute atomic E-state index is 0.220. The van der Waals surface area contributed by atoms with Crippen LogP contribution in [0.5, 0.6) is 0 Å². The van der Waals surface area contributed by atoms with Crippen molar-refractivity contribution >= 4 is 0 Å². The molecule has 1 nitrogen and oxygen atoms in total. The summed E-state index contributed by atoms with van der Waals surface area (Å²) in [5.74, 6) is 0.450. The molecule has 0 saturated carbocycles. The molecular formula is C27H25N. The van der Waals surface area contributed by atoms with Crippen LogP contribution in [0.3, 0.4) is 0 Å². The van der Waals surface area contributed by atoms with E-state index in [-0.39, 0.29) is 11.8 Å². The van der Waals surface area contributed by atoms with Gasteiger partial charge in [0.05, 0.1) is 0 Å². The van der Waals surface area contributed by atoms with Crippen LogP contribution in [0.2, 0.25) is 0 Å². The van der Waals surface area contributed by atoms with Crippen LogP contribution in [-0.4, -0.2) is 0 Å². The fraction of sp³-hybridized carbons (Fsp3) is 0.111. The van der Waals surface area contributed by atoms with Crippen molar-refractivity contribution in [3.05, 3.63) is 143 Å². The number of hydrogen-bond acceptors (Lipinski definition) is 1. The summed E-state index contributed by atoms with van der Waals surface area (Å²) in [6.45, 7) is 0.567. The summed E-state index contributed by atoms with van der Waals surface area (Å²) in [6, 6.07) is 41.2. The highest BCUT2D eigenvalue weighted by molar-refractivity contribution is 5.45. The van der Waals surface area contributed by atoms with Gasteiger partial charge in [-0.25, -0.2) is 0 Å². The third-order valence-corrected chi connectivity index (χ3v) is 5.38. The predicted molar refractivity (Wildman–Crippen MR) is 117 cm³/mol.